The molecule has 0 saturated carbocycles. The predicted molar refractivity (Wildman–Crippen MR) is 107 cm³/mol. The quantitative estimate of drug-likeness (QED) is 0.729. The number of nitrogens with zero attached hydrogens (tertiary/aromatic N) is 1. The highest BCUT2D eigenvalue weighted by Gasteiger charge is 2.12. The van der Waals surface area contributed by atoms with Crippen molar-refractivity contribution in [3.05, 3.63) is 57.2 Å². The van der Waals surface area contributed by atoms with Crippen molar-refractivity contribution in [2.24, 2.45) is 0 Å². The van der Waals surface area contributed by atoms with Gasteiger partial charge in [-0.3, -0.25) is 14.2 Å². The summed E-state index contributed by atoms with van der Waals surface area (Å²) in [6.45, 7) is 7.87. The minimum Gasteiger partial charge on any atom is -0.483 e. The first-order valence-electron chi connectivity index (χ1n) is 8.51. The molecular formula is C20H22N2O3S. The standard InChI is InChI=1S/C20H22N2O3S/c1-12(2)22-16-9-8-15(10-18(16)26-20(22)24)21-19(23)11-25-17-7-5-6-13(3)14(17)4/h5-10,12H,11H2,1-4H3,(H,21,23). The molecular weight excluding hydrogens is 348 g/mol. The van der Waals surface area contributed by atoms with E-state index in [1.54, 1.807) is 4.57 Å². The molecule has 0 aliphatic rings. The van der Waals surface area contributed by atoms with Crippen LogP contribution in [0.2, 0.25) is 0 Å². The number of aromatic nitrogens is 1. The molecule has 2 aromatic carbocycles. The van der Waals surface area contributed by atoms with Crippen LogP contribution in [0.25, 0.3) is 10.2 Å². The first-order chi connectivity index (χ1) is 12.4. The molecule has 0 fully saturated rings. The fourth-order valence-electron chi connectivity index (χ4n) is 2.82. The molecule has 0 saturated heterocycles. The number of hydrogen-bond acceptors (Lipinski definition) is 4. The Morgan fingerprint density at radius 1 is 1.23 bits per heavy atom. The van der Waals surface area contributed by atoms with Crippen molar-refractivity contribution in [2.45, 2.75) is 33.7 Å². The first-order valence-corrected chi connectivity index (χ1v) is 9.32. The minimum atomic E-state index is -0.235. The lowest BCUT2D eigenvalue weighted by atomic mass is 10.1. The van der Waals surface area contributed by atoms with E-state index in [9.17, 15) is 9.59 Å². The molecule has 0 unspecified atom stereocenters. The Balaban J connectivity index is 1.71. The molecule has 0 bridgehead atoms. The normalized spacial score (nSPS) is 11.1. The second-order valence-corrected chi connectivity index (χ2v) is 7.54. The maximum absolute atomic E-state index is 12.2. The van der Waals surface area contributed by atoms with E-state index in [0.717, 1.165) is 21.3 Å². The van der Waals surface area contributed by atoms with Crippen LogP contribution in [0.5, 0.6) is 5.75 Å². The third-order valence-corrected chi connectivity index (χ3v) is 5.25. The summed E-state index contributed by atoms with van der Waals surface area (Å²) in [4.78, 5) is 24.3. The van der Waals surface area contributed by atoms with Crippen LogP contribution in [-0.2, 0) is 4.79 Å². The van der Waals surface area contributed by atoms with Crippen molar-refractivity contribution < 1.29 is 9.53 Å². The molecule has 136 valence electrons. The molecule has 0 aliphatic carbocycles. The van der Waals surface area contributed by atoms with Crippen LogP contribution in [-0.4, -0.2) is 17.1 Å². The fraction of sp³-hybridized carbons (Fsp3) is 0.300. The van der Waals surface area contributed by atoms with Crippen LogP contribution in [0.4, 0.5) is 5.69 Å². The lowest BCUT2D eigenvalue weighted by Crippen LogP contribution is -2.20. The van der Waals surface area contributed by atoms with Crippen molar-refractivity contribution in [1.82, 2.24) is 4.57 Å². The van der Waals surface area contributed by atoms with E-state index >= 15 is 0 Å². The number of ether oxygens (including phenoxy) is 1. The largest absolute Gasteiger partial charge is 0.483 e. The van der Waals surface area contributed by atoms with Gasteiger partial charge in [-0.2, -0.15) is 0 Å². The third kappa shape index (κ3) is 3.65. The Kier molecular flexibility index (Phi) is 5.13. The van der Waals surface area contributed by atoms with E-state index in [-0.39, 0.29) is 23.4 Å². The van der Waals surface area contributed by atoms with Gasteiger partial charge in [-0.1, -0.05) is 23.5 Å². The topological polar surface area (TPSA) is 60.3 Å². The van der Waals surface area contributed by atoms with Crippen LogP contribution < -0.4 is 14.9 Å². The fourth-order valence-corrected chi connectivity index (χ4v) is 3.88. The highest BCUT2D eigenvalue weighted by atomic mass is 32.1. The maximum Gasteiger partial charge on any atom is 0.308 e. The molecule has 0 aliphatic heterocycles. The summed E-state index contributed by atoms with van der Waals surface area (Å²) in [5, 5.41) is 2.83. The number of benzene rings is 2. The lowest BCUT2D eigenvalue weighted by Gasteiger charge is -2.11. The second-order valence-electron chi connectivity index (χ2n) is 6.55. The van der Waals surface area contributed by atoms with E-state index in [1.165, 1.54) is 11.3 Å². The number of carbonyl (C=O) groups excluding carboxylic acids is 1. The predicted octanol–water partition coefficient (Wildman–Crippen LogP) is 4.28. The Labute approximate surface area is 156 Å². The first kappa shape index (κ1) is 18.2. The summed E-state index contributed by atoms with van der Waals surface area (Å²) in [5.41, 5.74) is 3.70. The van der Waals surface area contributed by atoms with Crippen LogP contribution >= 0.6 is 11.3 Å². The number of aryl methyl sites for hydroxylation is 1. The summed E-state index contributed by atoms with van der Waals surface area (Å²) < 4.78 is 8.25. The van der Waals surface area contributed by atoms with E-state index < -0.39 is 0 Å². The molecule has 0 radical (unpaired) electrons. The lowest BCUT2D eigenvalue weighted by molar-refractivity contribution is -0.118. The number of carbonyl (C=O) groups is 1. The molecule has 6 heteroatoms. The summed E-state index contributed by atoms with van der Waals surface area (Å²) in [6, 6.07) is 11.4. The van der Waals surface area contributed by atoms with Crippen LogP contribution in [0.1, 0.15) is 31.0 Å². The molecule has 3 rings (SSSR count). The Morgan fingerprint density at radius 3 is 2.73 bits per heavy atom. The Hall–Kier alpha value is -2.60. The van der Waals surface area contributed by atoms with Crippen molar-refractivity contribution in [3.8, 4) is 5.75 Å². The van der Waals surface area contributed by atoms with Crippen LogP contribution in [0.15, 0.2) is 41.2 Å². The molecule has 26 heavy (non-hydrogen) atoms. The van der Waals surface area contributed by atoms with Gasteiger partial charge in [-0.25, -0.2) is 0 Å². The Bertz CT molecular complexity index is 1020. The van der Waals surface area contributed by atoms with Crippen LogP contribution in [0.3, 0.4) is 0 Å². The highest BCUT2D eigenvalue weighted by molar-refractivity contribution is 7.16. The summed E-state index contributed by atoms with van der Waals surface area (Å²) in [5.74, 6) is 0.476. The molecule has 1 N–H and O–H groups in total. The average Bonchev–Trinajstić information content (AvgIpc) is 2.91. The van der Waals surface area contributed by atoms with E-state index in [2.05, 4.69) is 5.32 Å². The summed E-state index contributed by atoms with van der Waals surface area (Å²) >= 11 is 1.19. The number of rotatable bonds is 5. The van der Waals surface area contributed by atoms with Crippen LogP contribution in [0, 0.1) is 13.8 Å². The van der Waals surface area contributed by atoms with Gasteiger partial charge in [0.1, 0.15) is 5.75 Å². The summed E-state index contributed by atoms with van der Waals surface area (Å²) in [7, 11) is 0. The van der Waals surface area contributed by atoms with Gasteiger partial charge in [0.25, 0.3) is 5.91 Å². The Morgan fingerprint density at radius 2 is 2.00 bits per heavy atom. The number of thiazole rings is 1. The number of anilines is 1. The van der Waals surface area contributed by atoms with Gasteiger partial charge in [-0.15, -0.1) is 0 Å². The molecule has 0 spiro atoms. The van der Waals surface area contributed by atoms with Gasteiger partial charge in [0, 0.05) is 11.7 Å². The van der Waals surface area contributed by atoms with Gasteiger partial charge in [0.2, 0.25) is 0 Å². The summed E-state index contributed by atoms with van der Waals surface area (Å²) in [6.07, 6.45) is 0. The van der Waals surface area contributed by atoms with Crippen molar-refractivity contribution >= 4 is 33.1 Å². The van der Waals surface area contributed by atoms with Crippen molar-refractivity contribution in [1.29, 1.82) is 0 Å². The number of nitrogens with one attached hydrogen (secondary N) is 1. The van der Waals surface area contributed by atoms with Gasteiger partial charge in [0.05, 0.1) is 10.2 Å². The smallest absolute Gasteiger partial charge is 0.308 e. The van der Waals surface area contributed by atoms with E-state index in [1.807, 2.05) is 64.1 Å². The second kappa shape index (κ2) is 7.33. The molecule has 0 atom stereocenters. The SMILES string of the molecule is Cc1cccc(OCC(=O)Nc2ccc3c(c2)sc(=O)n3C(C)C)c1C. The zero-order valence-electron chi connectivity index (χ0n) is 15.3. The number of fused-ring (bicyclic) bond motifs is 1. The zero-order chi connectivity index (χ0) is 18.8. The molecule has 5 nitrogen and oxygen atoms in total. The van der Waals surface area contributed by atoms with Gasteiger partial charge < -0.3 is 10.1 Å². The minimum absolute atomic E-state index is 0.0109. The van der Waals surface area contributed by atoms with Gasteiger partial charge >= 0.3 is 4.87 Å². The number of amides is 1. The van der Waals surface area contributed by atoms with Gasteiger partial charge in [0.15, 0.2) is 6.61 Å². The average molecular weight is 370 g/mol. The third-order valence-electron chi connectivity index (χ3n) is 4.33. The van der Waals surface area contributed by atoms with Crippen molar-refractivity contribution in [3.63, 3.8) is 0 Å². The molecule has 1 aromatic heterocycles. The van der Waals surface area contributed by atoms with Crippen molar-refractivity contribution in [2.75, 3.05) is 11.9 Å². The monoisotopic (exact) mass is 370 g/mol. The van der Waals surface area contributed by atoms with E-state index in [4.69, 9.17) is 4.74 Å². The maximum atomic E-state index is 12.2. The molecule has 1 amide bonds. The zero-order valence-corrected chi connectivity index (χ0v) is 16.1. The molecule has 1 heterocycles. The van der Waals surface area contributed by atoms with E-state index in [0.29, 0.717) is 11.4 Å². The highest BCUT2D eigenvalue weighted by Crippen LogP contribution is 2.24. The number of hydrogen-bond donors (Lipinski definition) is 1. The van der Waals surface area contributed by atoms with Gasteiger partial charge in [-0.05, 0) is 63.1 Å². The molecule has 3 aromatic rings.